The van der Waals surface area contributed by atoms with Gasteiger partial charge in [-0.2, -0.15) is 0 Å². The minimum atomic E-state index is 0. The van der Waals surface area contributed by atoms with E-state index in [4.69, 9.17) is 0 Å². The third-order valence-corrected chi connectivity index (χ3v) is 3.43. The first-order valence-electron chi connectivity index (χ1n) is 5.71. The van der Waals surface area contributed by atoms with Crippen molar-refractivity contribution in [1.29, 1.82) is 0 Å². The number of rotatable bonds is 2. The molecule has 0 amide bonds. The van der Waals surface area contributed by atoms with Crippen molar-refractivity contribution in [3.05, 3.63) is 0 Å². The van der Waals surface area contributed by atoms with Crippen LogP contribution in [0.5, 0.6) is 0 Å². The quantitative estimate of drug-likeness (QED) is 0.789. The van der Waals surface area contributed by atoms with Crippen LogP contribution in [0.4, 0.5) is 0 Å². The van der Waals surface area contributed by atoms with Crippen LogP contribution >= 0.6 is 17.0 Å². The Morgan fingerprint density at radius 1 is 0.615 bits per heavy atom. The molecule has 2 rings (SSSR count). The van der Waals surface area contributed by atoms with Crippen LogP contribution in [0.3, 0.4) is 0 Å². The maximum Gasteiger partial charge on any atom is 0.00696 e. The molecule has 2 aliphatic carbocycles. The molecule has 78 valence electrons. The van der Waals surface area contributed by atoms with E-state index in [2.05, 4.69) is 5.32 Å². The molecular weight excluding hydrogens is 226 g/mol. The summed E-state index contributed by atoms with van der Waals surface area (Å²) in [4.78, 5) is 0. The molecule has 1 N–H and O–H groups in total. The lowest BCUT2D eigenvalue weighted by molar-refractivity contribution is 0.337. The predicted molar refractivity (Wildman–Crippen MR) is 62.6 cm³/mol. The standard InChI is InChI=1S/C11H21N.BrH/c1-2-6-10(7-3-1)12-11-8-4-5-9-11;/h10-12H,1-9H2;1H. The number of hydrogen-bond acceptors (Lipinski definition) is 1. The molecule has 0 aromatic carbocycles. The summed E-state index contributed by atoms with van der Waals surface area (Å²) in [6, 6.07) is 1.76. The zero-order valence-corrected chi connectivity index (χ0v) is 10.1. The van der Waals surface area contributed by atoms with Gasteiger partial charge in [0.15, 0.2) is 0 Å². The predicted octanol–water partition coefficient (Wildman–Crippen LogP) is 3.43. The normalized spacial score (nSPS) is 25.8. The Balaban J connectivity index is 0.000000845. The van der Waals surface area contributed by atoms with Crippen molar-refractivity contribution < 1.29 is 0 Å². The van der Waals surface area contributed by atoms with E-state index in [1.807, 2.05) is 0 Å². The molecule has 0 aromatic heterocycles. The molecule has 0 unspecified atom stereocenters. The first kappa shape index (κ1) is 11.5. The van der Waals surface area contributed by atoms with Crippen molar-refractivity contribution >= 4 is 17.0 Å². The van der Waals surface area contributed by atoms with Crippen LogP contribution in [0.1, 0.15) is 57.8 Å². The highest BCUT2D eigenvalue weighted by molar-refractivity contribution is 8.93. The Kier molecular flexibility index (Phi) is 5.34. The van der Waals surface area contributed by atoms with Gasteiger partial charge in [0.2, 0.25) is 0 Å². The molecule has 0 radical (unpaired) electrons. The van der Waals surface area contributed by atoms with Crippen LogP contribution in [0.15, 0.2) is 0 Å². The zero-order chi connectivity index (χ0) is 8.23. The van der Waals surface area contributed by atoms with Crippen LogP contribution in [-0.4, -0.2) is 12.1 Å². The Morgan fingerprint density at radius 3 is 1.46 bits per heavy atom. The van der Waals surface area contributed by atoms with Gasteiger partial charge in [-0.3, -0.25) is 0 Å². The molecule has 2 aliphatic rings. The van der Waals surface area contributed by atoms with Gasteiger partial charge in [-0.05, 0) is 25.7 Å². The zero-order valence-electron chi connectivity index (χ0n) is 8.43. The van der Waals surface area contributed by atoms with Gasteiger partial charge in [-0.25, -0.2) is 0 Å². The highest BCUT2D eigenvalue weighted by Gasteiger charge is 2.20. The average molecular weight is 248 g/mol. The molecule has 0 bridgehead atoms. The Bertz CT molecular complexity index is 126. The van der Waals surface area contributed by atoms with E-state index in [0.29, 0.717) is 0 Å². The van der Waals surface area contributed by atoms with Gasteiger partial charge in [0.25, 0.3) is 0 Å². The minimum absolute atomic E-state index is 0. The molecule has 0 aliphatic heterocycles. The Hall–Kier alpha value is 0.440. The summed E-state index contributed by atoms with van der Waals surface area (Å²) in [7, 11) is 0. The molecule has 0 heterocycles. The maximum atomic E-state index is 3.82. The molecule has 0 atom stereocenters. The average Bonchev–Trinajstić information content (AvgIpc) is 2.59. The highest BCUT2D eigenvalue weighted by Crippen LogP contribution is 2.22. The largest absolute Gasteiger partial charge is 0.311 e. The lowest BCUT2D eigenvalue weighted by Crippen LogP contribution is -2.37. The van der Waals surface area contributed by atoms with Crippen molar-refractivity contribution in [3.8, 4) is 0 Å². The third-order valence-electron chi connectivity index (χ3n) is 3.43. The van der Waals surface area contributed by atoms with E-state index in [1.165, 1.54) is 57.8 Å². The number of nitrogens with one attached hydrogen (secondary N) is 1. The third kappa shape index (κ3) is 3.59. The second kappa shape index (κ2) is 6.02. The van der Waals surface area contributed by atoms with E-state index in [0.717, 1.165) is 12.1 Å². The lowest BCUT2D eigenvalue weighted by Gasteiger charge is -2.26. The van der Waals surface area contributed by atoms with Gasteiger partial charge in [-0.1, -0.05) is 32.1 Å². The molecular formula is C11H22BrN. The van der Waals surface area contributed by atoms with E-state index in [1.54, 1.807) is 0 Å². The smallest absolute Gasteiger partial charge is 0.00696 e. The molecule has 2 heteroatoms. The maximum absolute atomic E-state index is 3.82. The molecule has 0 spiro atoms. The Morgan fingerprint density at radius 2 is 1.00 bits per heavy atom. The van der Waals surface area contributed by atoms with Gasteiger partial charge >= 0.3 is 0 Å². The van der Waals surface area contributed by atoms with Gasteiger partial charge in [0, 0.05) is 12.1 Å². The second-order valence-corrected chi connectivity index (χ2v) is 4.48. The van der Waals surface area contributed by atoms with Crippen LogP contribution < -0.4 is 5.32 Å². The Labute approximate surface area is 92.4 Å². The topological polar surface area (TPSA) is 12.0 Å². The van der Waals surface area contributed by atoms with Crippen LogP contribution in [0.2, 0.25) is 0 Å². The summed E-state index contributed by atoms with van der Waals surface area (Å²) >= 11 is 0. The molecule has 0 saturated heterocycles. The lowest BCUT2D eigenvalue weighted by atomic mass is 9.95. The summed E-state index contributed by atoms with van der Waals surface area (Å²) in [5.41, 5.74) is 0. The SMILES string of the molecule is Br.C1CCC(NC2CCCC2)CC1. The molecule has 2 saturated carbocycles. The molecule has 2 fully saturated rings. The summed E-state index contributed by atoms with van der Waals surface area (Å²) in [5, 5.41) is 3.82. The fourth-order valence-electron chi connectivity index (χ4n) is 2.70. The van der Waals surface area contributed by atoms with E-state index < -0.39 is 0 Å². The van der Waals surface area contributed by atoms with Crippen molar-refractivity contribution in [1.82, 2.24) is 5.32 Å². The van der Waals surface area contributed by atoms with Crippen LogP contribution in [-0.2, 0) is 0 Å². The minimum Gasteiger partial charge on any atom is -0.311 e. The molecule has 13 heavy (non-hydrogen) atoms. The van der Waals surface area contributed by atoms with Crippen LogP contribution in [0, 0.1) is 0 Å². The highest BCUT2D eigenvalue weighted by atomic mass is 79.9. The van der Waals surface area contributed by atoms with E-state index >= 15 is 0 Å². The summed E-state index contributed by atoms with van der Waals surface area (Å²) in [5.74, 6) is 0. The number of halogens is 1. The summed E-state index contributed by atoms with van der Waals surface area (Å²) in [6.07, 6.45) is 13.1. The van der Waals surface area contributed by atoms with Crippen molar-refractivity contribution in [2.24, 2.45) is 0 Å². The monoisotopic (exact) mass is 247 g/mol. The fourth-order valence-corrected chi connectivity index (χ4v) is 2.70. The molecule has 0 aromatic rings. The van der Waals surface area contributed by atoms with Crippen molar-refractivity contribution in [3.63, 3.8) is 0 Å². The van der Waals surface area contributed by atoms with E-state index in [-0.39, 0.29) is 17.0 Å². The van der Waals surface area contributed by atoms with Crippen molar-refractivity contribution in [2.45, 2.75) is 69.9 Å². The second-order valence-electron chi connectivity index (χ2n) is 4.48. The summed E-state index contributed by atoms with van der Waals surface area (Å²) < 4.78 is 0. The van der Waals surface area contributed by atoms with Crippen molar-refractivity contribution in [2.75, 3.05) is 0 Å². The van der Waals surface area contributed by atoms with E-state index in [9.17, 15) is 0 Å². The molecule has 1 nitrogen and oxygen atoms in total. The summed E-state index contributed by atoms with van der Waals surface area (Å²) in [6.45, 7) is 0. The van der Waals surface area contributed by atoms with Gasteiger partial charge in [-0.15, -0.1) is 17.0 Å². The first-order chi connectivity index (χ1) is 5.95. The van der Waals surface area contributed by atoms with Crippen LogP contribution in [0.25, 0.3) is 0 Å². The van der Waals surface area contributed by atoms with Gasteiger partial charge < -0.3 is 5.32 Å². The first-order valence-corrected chi connectivity index (χ1v) is 5.71. The van der Waals surface area contributed by atoms with Gasteiger partial charge in [0.05, 0.1) is 0 Å². The number of hydrogen-bond donors (Lipinski definition) is 1. The van der Waals surface area contributed by atoms with Gasteiger partial charge in [0.1, 0.15) is 0 Å². The fraction of sp³-hybridized carbons (Fsp3) is 1.00.